The van der Waals surface area contributed by atoms with E-state index < -0.39 is 0 Å². The summed E-state index contributed by atoms with van der Waals surface area (Å²) in [5, 5.41) is 3.88. The second kappa shape index (κ2) is 4.31. The number of nitrogens with zero attached hydrogens (tertiary/aromatic N) is 3. The Labute approximate surface area is 98.4 Å². The molecule has 0 bridgehead atoms. The van der Waals surface area contributed by atoms with Crippen LogP contribution < -0.4 is 5.73 Å². The minimum Gasteiger partial charge on any atom is -0.461 e. The van der Waals surface area contributed by atoms with Gasteiger partial charge in [0, 0.05) is 19.1 Å². The molecule has 0 spiro atoms. The molecular formula is C11H14N4O2. The standard InChI is InChI=1S/C11H14N4O2/c12-8-3-4-15(6-8)7-10-13-11(14-17-10)9-2-1-5-16-9/h1-2,5,8H,3-4,6-7,12H2/t8-/m0/s1. The predicted octanol–water partition coefficient (Wildman–Crippen LogP) is 0.863. The van der Waals surface area contributed by atoms with Gasteiger partial charge in [0.15, 0.2) is 5.76 Å². The molecule has 90 valence electrons. The molecule has 0 unspecified atom stereocenters. The Morgan fingerprint density at radius 3 is 3.18 bits per heavy atom. The largest absolute Gasteiger partial charge is 0.461 e. The minimum absolute atomic E-state index is 0.266. The zero-order valence-corrected chi connectivity index (χ0v) is 9.37. The first-order chi connectivity index (χ1) is 8.31. The van der Waals surface area contributed by atoms with Gasteiger partial charge in [0.1, 0.15) is 0 Å². The van der Waals surface area contributed by atoms with Gasteiger partial charge in [-0.1, -0.05) is 5.16 Å². The highest BCUT2D eigenvalue weighted by Crippen LogP contribution is 2.17. The fraction of sp³-hybridized carbons (Fsp3) is 0.455. The quantitative estimate of drug-likeness (QED) is 0.848. The number of hydrogen-bond acceptors (Lipinski definition) is 6. The van der Waals surface area contributed by atoms with Crippen molar-refractivity contribution in [3.63, 3.8) is 0 Å². The first kappa shape index (κ1) is 10.5. The van der Waals surface area contributed by atoms with Crippen LogP contribution in [0.15, 0.2) is 27.3 Å². The summed E-state index contributed by atoms with van der Waals surface area (Å²) in [5.41, 5.74) is 5.84. The van der Waals surface area contributed by atoms with Crippen LogP contribution in [0.1, 0.15) is 12.3 Å². The number of rotatable bonds is 3. The van der Waals surface area contributed by atoms with Crippen molar-refractivity contribution in [1.29, 1.82) is 0 Å². The number of aromatic nitrogens is 2. The molecule has 1 aliphatic heterocycles. The van der Waals surface area contributed by atoms with E-state index in [0.29, 0.717) is 24.0 Å². The molecule has 0 saturated carbocycles. The molecule has 0 aromatic carbocycles. The van der Waals surface area contributed by atoms with Gasteiger partial charge < -0.3 is 14.7 Å². The van der Waals surface area contributed by atoms with E-state index in [2.05, 4.69) is 15.0 Å². The van der Waals surface area contributed by atoms with E-state index in [-0.39, 0.29) is 6.04 Å². The first-order valence-electron chi connectivity index (χ1n) is 5.65. The lowest BCUT2D eigenvalue weighted by Gasteiger charge is -2.10. The Kier molecular flexibility index (Phi) is 2.66. The molecule has 2 aromatic rings. The number of hydrogen-bond donors (Lipinski definition) is 1. The van der Waals surface area contributed by atoms with Gasteiger partial charge in [-0.05, 0) is 18.6 Å². The van der Waals surface area contributed by atoms with Crippen molar-refractivity contribution in [1.82, 2.24) is 15.0 Å². The van der Waals surface area contributed by atoms with Crippen LogP contribution in [-0.4, -0.2) is 34.2 Å². The number of furan rings is 1. The summed E-state index contributed by atoms with van der Waals surface area (Å²) in [4.78, 5) is 6.50. The zero-order chi connectivity index (χ0) is 11.7. The third-order valence-corrected chi connectivity index (χ3v) is 2.88. The van der Waals surface area contributed by atoms with Crippen LogP contribution in [0.4, 0.5) is 0 Å². The van der Waals surface area contributed by atoms with Crippen LogP contribution in [0, 0.1) is 0 Å². The third kappa shape index (κ3) is 2.22. The SMILES string of the molecule is N[C@H]1CCN(Cc2nc(-c3ccco3)no2)C1. The van der Waals surface area contributed by atoms with Gasteiger partial charge in [0.05, 0.1) is 12.8 Å². The Bertz CT molecular complexity index is 479. The third-order valence-electron chi connectivity index (χ3n) is 2.88. The fourth-order valence-electron chi connectivity index (χ4n) is 2.02. The van der Waals surface area contributed by atoms with Crippen molar-refractivity contribution in [2.24, 2.45) is 5.73 Å². The van der Waals surface area contributed by atoms with Gasteiger partial charge in [0.2, 0.25) is 11.7 Å². The van der Waals surface area contributed by atoms with Crippen molar-refractivity contribution in [3.8, 4) is 11.6 Å². The van der Waals surface area contributed by atoms with Crippen molar-refractivity contribution in [2.45, 2.75) is 19.0 Å². The maximum atomic E-state index is 5.84. The summed E-state index contributed by atoms with van der Waals surface area (Å²) in [6.07, 6.45) is 2.62. The van der Waals surface area contributed by atoms with Gasteiger partial charge in [-0.2, -0.15) is 4.98 Å². The molecule has 3 rings (SSSR count). The second-order valence-corrected chi connectivity index (χ2v) is 4.27. The maximum absolute atomic E-state index is 5.84. The van der Waals surface area contributed by atoms with Crippen LogP contribution in [-0.2, 0) is 6.54 Å². The van der Waals surface area contributed by atoms with Gasteiger partial charge in [0.25, 0.3) is 0 Å². The summed E-state index contributed by atoms with van der Waals surface area (Å²) < 4.78 is 10.4. The number of likely N-dealkylation sites (tertiary alicyclic amines) is 1. The lowest BCUT2D eigenvalue weighted by Crippen LogP contribution is -2.26. The molecule has 3 heterocycles. The zero-order valence-electron chi connectivity index (χ0n) is 9.37. The molecule has 17 heavy (non-hydrogen) atoms. The van der Waals surface area contributed by atoms with Crippen molar-refractivity contribution >= 4 is 0 Å². The summed E-state index contributed by atoms with van der Waals surface area (Å²) in [5.74, 6) is 1.72. The van der Waals surface area contributed by atoms with Gasteiger partial charge in [-0.25, -0.2) is 0 Å². The van der Waals surface area contributed by atoms with Gasteiger partial charge >= 0.3 is 0 Å². The van der Waals surface area contributed by atoms with Crippen LogP contribution in [0.2, 0.25) is 0 Å². The van der Waals surface area contributed by atoms with E-state index in [0.717, 1.165) is 19.5 Å². The number of nitrogens with two attached hydrogens (primary N) is 1. The monoisotopic (exact) mass is 234 g/mol. The van der Waals surface area contributed by atoms with Gasteiger partial charge in [-0.15, -0.1) is 0 Å². The molecule has 6 heteroatoms. The smallest absolute Gasteiger partial charge is 0.241 e. The molecule has 1 aliphatic rings. The second-order valence-electron chi connectivity index (χ2n) is 4.27. The van der Waals surface area contributed by atoms with E-state index in [9.17, 15) is 0 Å². The molecule has 2 N–H and O–H groups in total. The highest BCUT2D eigenvalue weighted by Gasteiger charge is 2.21. The first-order valence-corrected chi connectivity index (χ1v) is 5.65. The summed E-state index contributed by atoms with van der Waals surface area (Å²) in [6.45, 7) is 2.53. The molecular weight excluding hydrogens is 220 g/mol. The van der Waals surface area contributed by atoms with Crippen molar-refractivity contribution in [3.05, 3.63) is 24.3 Å². The van der Waals surface area contributed by atoms with Crippen LogP contribution in [0.25, 0.3) is 11.6 Å². The molecule has 1 fully saturated rings. The average Bonchev–Trinajstić information content (AvgIpc) is 3.00. The van der Waals surface area contributed by atoms with E-state index in [4.69, 9.17) is 14.7 Å². The lowest BCUT2D eigenvalue weighted by molar-refractivity contribution is 0.265. The Hall–Kier alpha value is -1.66. The summed E-state index contributed by atoms with van der Waals surface area (Å²) >= 11 is 0. The summed E-state index contributed by atoms with van der Waals surface area (Å²) in [7, 11) is 0. The van der Waals surface area contributed by atoms with Crippen molar-refractivity contribution < 1.29 is 8.94 Å². The Balaban J connectivity index is 1.69. The minimum atomic E-state index is 0.266. The van der Waals surface area contributed by atoms with Gasteiger partial charge in [-0.3, -0.25) is 4.90 Å². The average molecular weight is 234 g/mol. The van der Waals surface area contributed by atoms with E-state index in [1.165, 1.54) is 0 Å². The molecule has 0 aliphatic carbocycles. The van der Waals surface area contributed by atoms with E-state index in [1.54, 1.807) is 18.4 Å². The topological polar surface area (TPSA) is 81.3 Å². The molecule has 1 atom stereocenters. The normalized spacial score (nSPS) is 21.1. The van der Waals surface area contributed by atoms with Crippen LogP contribution >= 0.6 is 0 Å². The Morgan fingerprint density at radius 2 is 2.47 bits per heavy atom. The van der Waals surface area contributed by atoms with Crippen LogP contribution in [0.5, 0.6) is 0 Å². The molecule has 1 saturated heterocycles. The van der Waals surface area contributed by atoms with Crippen molar-refractivity contribution in [2.75, 3.05) is 13.1 Å². The van der Waals surface area contributed by atoms with E-state index in [1.807, 2.05) is 0 Å². The molecule has 0 amide bonds. The van der Waals surface area contributed by atoms with Crippen LogP contribution in [0.3, 0.4) is 0 Å². The maximum Gasteiger partial charge on any atom is 0.241 e. The predicted molar refractivity (Wildman–Crippen MR) is 59.9 cm³/mol. The highest BCUT2D eigenvalue weighted by atomic mass is 16.5. The molecule has 2 aromatic heterocycles. The fourth-order valence-corrected chi connectivity index (χ4v) is 2.02. The molecule has 6 nitrogen and oxygen atoms in total. The summed E-state index contributed by atoms with van der Waals surface area (Å²) in [6, 6.07) is 3.87. The Morgan fingerprint density at radius 1 is 1.53 bits per heavy atom. The lowest BCUT2D eigenvalue weighted by atomic mass is 10.3. The van der Waals surface area contributed by atoms with E-state index >= 15 is 0 Å². The molecule has 0 radical (unpaired) electrons. The highest BCUT2D eigenvalue weighted by molar-refractivity contribution is 5.44.